The second kappa shape index (κ2) is 9.04. The van der Waals surface area contributed by atoms with Crippen LogP contribution in [0.4, 0.5) is 0 Å². The summed E-state index contributed by atoms with van der Waals surface area (Å²) >= 11 is 0. The van der Waals surface area contributed by atoms with Crippen molar-refractivity contribution in [1.29, 1.82) is 0 Å². The summed E-state index contributed by atoms with van der Waals surface area (Å²) in [5.41, 5.74) is 3.80. The summed E-state index contributed by atoms with van der Waals surface area (Å²) in [5.74, 6) is -0.501. The summed E-state index contributed by atoms with van der Waals surface area (Å²) in [6.45, 7) is 11.4. The SMILES string of the molecule is CCCCC1(CCC)O[C@H]2O[C@H](CC)[C@H](OCc3c(C)cccc3C)[C@H]2O1. The van der Waals surface area contributed by atoms with Gasteiger partial charge in [0, 0.05) is 12.8 Å². The molecule has 2 heterocycles. The molecule has 0 amide bonds. The predicted octanol–water partition coefficient (Wildman–Crippen LogP) is 5.43. The van der Waals surface area contributed by atoms with Crippen LogP contribution < -0.4 is 0 Å². The molecule has 0 spiro atoms. The standard InChI is InChI=1S/C23H36O4/c1-6-9-14-23(13-7-2)26-21-20(19(8-3)25-22(21)27-23)24-15-18-16(4)11-10-12-17(18)5/h10-12,19-22H,6-9,13-15H2,1-5H3/t19-,20+,21-,22-,23?/m1/s1. The molecule has 0 radical (unpaired) electrons. The molecule has 5 atom stereocenters. The van der Waals surface area contributed by atoms with Gasteiger partial charge in [-0.25, -0.2) is 0 Å². The summed E-state index contributed by atoms with van der Waals surface area (Å²) < 4.78 is 25.5. The summed E-state index contributed by atoms with van der Waals surface area (Å²) in [7, 11) is 0. The van der Waals surface area contributed by atoms with Crippen LogP contribution in [0.25, 0.3) is 0 Å². The van der Waals surface area contributed by atoms with Gasteiger partial charge in [0.1, 0.15) is 12.2 Å². The first-order valence-corrected chi connectivity index (χ1v) is 10.7. The van der Waals surface area contributed by atoms with Gasteiger partial charge < -0.3 is 18.9 Å². The van der Waals surface area contributed by atoms with Crippen molar-refractivity contribution in [1.82, 2.24) is 0 Å². The molecule has 2 fully saturated rings. The molecule has 0 aromatic heterocycles. The van der Waals surface area contributed by atoms with E-state index in [-0.39, 0.29) is 24.6 Å². The molecule has 152 valence electrons. The topological polar surface area (TPSA) is 36.9 Å². The summed E-state index contributed by atoms with van der Waals surface area (Å²) in [6, 6.07) is 6.38. The highest BCUT2D eigenvalue weighted by molar-refractivity contribution is 5.32. The monoisotopic (exact) mass is 376 g/mol. The van der Waals surface area contributed by atoms with Gasteiger partial charge in [0.25, 0.3) is 0 Å². The van der Waals surface area contributed by atoms with E-state index in [1.807, 2.05) is 0 Å². The molecular weight excluding hydrogens is 340 g/mol. The Hall–Kier alpha value is -0.940. The van der Waals surface area contributed by atoms with Crippen LogP contribution in [0.15, 0.2) is 18.2 Å². The molecule has 2 aliphatic heterocycles. The Labute approximate surface area is 164 Å². The maximum atomic E-state index is 6.54. The van der Waals surface area contributed by atoms with Crippen LogP contribution in [0.5, 0.6) is 0 Å². The Morgan fingerprint density at radius 3 is 2.37 bits per heavy atom. The van der Waals surface area contributed by atoms with Crippen molar-refractivity contribution < 1.29 is 18.9 Å². The highest BCUT2D eigenvalue weighted by Crippen LogP contribution is 2.44. The van der Waals surface area contributed by atoms with Gasteiger partial charge in [0.15, 0.2) is 12.1 Å². The fourth-order valence-electron chi connectivity index (χ4n) is 4.37. The van der Waals surface area contributed by atoms with Gasteiger partial charge in [-0.2, -0.15) is 0 Å². The van der Waals surface area contributed by atoms with E-state index in [1.54, 1.807) is 0 Å². The molecule has 0 bridgehead atoms. The molecule has 2 aliphatic rings. The molecule has 0 N–H and O–H groups in total. The third kappa shape index (κ3) is 4.40. The average Bonchev–Trinajstić information content (AvgIpc) is 3.14. The lowest BCUT2D eigenvalue weighted by Crippen LogP contribution is -2.39. The maximum absolute atomic E-state index is 6.54. The lowest BCUT2D eigenvalue weighted by atomic mass is 10.0. The molecule has 1 aromatic carbocycles. The molecule has 4 heteroatoms. The maximum Gasteiger partial charge on any atom is 0.190 e. The number of hydrogen-bond donors (Lipinski definition) is 0. The van der Waals surface area contributed by atoms with Crippen molar-refractivity contribution in [2.75, 3.05) is 0 Å². The Morgan fingerprint density at radius 1 is 1.00 bits per heavy atom. The quantitative estimate of drug-likeness (QED) is 0.576. The smallest absolute Gasteiger partial charge is 0.190 e. The molecular formula is C23H36O4. The van der Waals surface area contributed by atoms with Crippen molar-refractivity contribution in [2.45, 2.75) is 110 Å². The number of fused-ring (bicyclic) bond motifs is 1. The Morgan fingerprint density at radius 2 is 1.74 bits per heavy atom. The van der Waals surface area contributed by atoms with Crippen molar-refractivity contribution in [3.8, 4) is 0 Å². The predicted molar refractivity (Wildman–Crippen MR) is 107 cm³/mol. The fraction of sp³-hybridized carbons (Fsp3) is 0.739. The fourth-order valence-corrected chi connectivity index (χ4v) is 4.37. The summed E-state index contributed by atoms with van der Waals surface area (Å²) in [6.07, 6.45) is 5.50. The van der Waals surface area contributed by atoms with E-state index < -0.39 is 5.79 Å². The Balaban J connectivity index is 1.72. The third-order valence-corrected chi connectivity index (χ3v) is 5.96. The molecule has 0 saturated carbocycles. The molecule has 0 aliphatic carbocycles. The first-order chi connectivity index (χ1) is 13.0. The first kappa shape index (κ1) is 20.8. The van der Waals surface area contributed by atoms with Gasteiger partial charge in [-0.05, 0) is 43.4 Å². The van der Waals surface area contributed by atoms with E-state index in [0.29, 0.717) is 6.61 Å². The van der Waals surface area contributed by atoms with Crippen LogP contribution in [0.3, 0.4) is 0 Å². The van der Waals surface area contributed by atoms with Crippen LogP contribution in [-0.4, -0.2) is 30.4 Å². The van der Waals surface area contributed by atoms with Gasteiger partial charge in [-0.1, -0.05) is 51.8 Å². The zero-order chi connectivity index (χ0) is 19.4. The number of aryl methyl sites for hydroxylation is 2. The van der Waals surface area contributed by atoms with Crippen LogP contribution in [0.2, 0.25) is 0 Å². The minimum Gasteiger partial charge on any atom is -0.368 e. The van der Waals surface area contributed by atoms with Crippen molar-refractivity contribution >= 4 is 0 Å². The number of ether oxygens (including phenoxy) is 4. The number of rotatable bonds is 9. The van der Waals surface area contributed by atoms with E-state index in [2.05, 4.69) is 52.8 Å². The Bertz CT molecular complexity index is 596. The number of hydrogen-bond acceptors (Lipinski definition) is 4. The van der Waals surface area contributed by atoms with Gasteiger partial charge in [-0.3, -0.25) is 0 Å². The van der Waals surface area contributed by atoms with Crippen molar-refractivity contribution in [3.63, 3.8) is 0 Å². The normalized spacial score (nSPS) is 32.8. The van der Waals surface area contributed by atoms with Crippen LogP contribution in [-0.2, 0) is 25.6 Å². The zero-order valence-electron chi connectivity index (χ0n) is 17.6. The van der Waals surface area contributed by atoms with E-state index in [9.17, 15) is 0 Å². The number of benzene rings is 1. The minimum atomic E-state index is -0.501. The number of unbranched alkanes of at least 4 members (excludes halogenated alkanes) is 1. The van der Waals surface area contributed by atoms with Gasteiger partial charge >= 0.3 is 0 Å². The Kier molecular flexibility index (Phi) is 6.96. The van der Waals surface area contributed by atoms with Crippen LogP contribution in [0.1, 0.15) is 76.0 Å². The minimum absolute atomic E-state index is 0.0233. The lowest BCUT2D eigenvalue weighted by molar-refractivity contribution is -0.243. The van der Waals surface area contributed by atoms with Crippen molar-refractivity contribution in [2.24, 2.45) is 0 Å². The van der Waals surface area contributed by atoms with Gasteiger partial charge in [0.2, 0.25) is 0 Å². The van der Waals surface area contributed by atoms with E-state index in [0.717, 1.165) is 38.5 Å². The first-order valence-electron chi connectivity index (χ1n) is 10.7. The zero-order valence-corrected chi connectivity index (χ0v) is 17.6. The van der Waals surface area contributed by atoms with E-state index in [4.69, 9.17) is 18.9 Å². The van der Waals surface area contributed by atoms with Crippen LogP contribution >= 0.6 is 0 Å². The molecule has 2 saturated heterocycles. The van der Waals surface area contributed by atoms with E-state index >= 15 is 0 Å². The molecule has 1 aromatic rings. The average molecular weight is 377 g/mol. The third-order valence-electron chi connectivity index (χ3n) is 5.96. The second-order valence-electron chi connectivity index (χ2n) is 8.06. The summed E-state index contributed by atoms with van der Waals surface area (Å²) in [4.78, 5) is 0. The highest BCUT2D eigenvalue weighted by atomic mass is 16.8. The highest BCUT2D eigenvalue weighted by Gasteiger charge is 2.57. The second-order valence-corrected chi connectivity index (χ2v) is 8.06. The van der Waals surface area contributed by atoms with Gasteiger partial charge in [0.05, 0.1) is 12.7 Å². The van der Waals surface area contributed by atoms with E-state index in [1.165, 1.54) is 16.7 Å². The molecule has 4 nitrogen and oxygen atoms in total. The summed E-state index contributed by atoms with van der Waals surface area (Å²) in [5, 5.41) is 0. The van der Waals surface area contributed by atoms with Crippen LogP contribution in [0, 0.1) is 13.8 Å². The van der Waals surface area contributed by atoms with Gasteiger partial charge in [-0.15, -0.1) is 0 Å². The lowest BCUT2D eigenvalue weighted by Gasteiger charge is -2.31. The molecule has 3 rings (SSSR count). The molecule has 27 heavy (non-hydrogen) atoms. The molecule has 1 unspecified atom stereocenters. The van der Waals surface area contributed by atoms with Crippen molar-refractivity contribution in [3.05, 3.63) is 34.9 Å². The largest absolute Gasteiger partial charge is 0.368 e.